The summed E-state index contributed by atoms with van der Waals surface area (Å²) in [5, 5.41) is 23.3. The summed E-state index contributed by atoms with van der Waals surface area (Å²) in [6, 6.07) is 14.4. The van der Waals surface area contributed by atoms with Gasteiger partial charge >= 0.3 is 0 Å². The number of halogens is 1. The lowest BCUT2D eigenvalue weighted by Gasteiger charge is -2.20. The number of amides is 1. The van der Waals surface area contributed by atoms with Crippen LogP contribution in [0.15, 0.2) is 59.5 Å². The number of rotatable bonds is 9. The van der Waals surface area contributed by atoms with Crippen LogP contribution in [0.5, 0.6) is 0 Å². The first-order valence-corrected chi connectivity index (χ1v) is 13.1. The van der Waals surface area contributed by atoms with Gasteiger partial charge in [-0.1, -0.05) is 48.0 Å². The van der Waals surface area contributed by atoms with Crippen LogP contribution in [0, 0.1) is 6.92 Å². The molecule has 4 rings (SSSR count). The third-order valence-electron chi connectivity index (χ3n) is 6.40. The predicted octanol–water partition coefficient (Wildman–Crippen LogP) is 4.15. The quantitative estimate of drug-likeness (QED) is 0.297. The van der Waals surface area contributed by atoms with Crippen LogP contribution in [0.25, 0.3) is 10.2 Å². The number of aliphatic hydroxyl groups excluding tert-OH is 2. The van der Waals surface area contributed by atoms with Gasteiger partial charge in [-0.2, -0.15) is 0 Å². The van der Waals surface area contributed by atoms with E-state index in [0.717, 1.165) is 32.6 Å². The van der Waals surface area contributed by atoms with Gasteiger partial charge in [-0.15, -0.1) is 11.3 Å². The molecule has 0 aliphatic heterocycles. The lowest BCUT2D eigenvalue weighted by Crippen LogP contribution is -2.29. The van der Waals surface area contributed by atoms with Gasteiger partial charge in [-0.05, 0) is 48.4 Å². The fourth-order valence-electron chi connectivity index (χ4n) is 4.32. The molecule has 0 saturated heterocycles. The maximum absolute atomic E-state index is 13.3. The largest absolute Gasteiger partial charge is 0.392 e. The van der Waals surface area contributed by atoms with Gasteiger partial charge in [-0.25, -0.2) is 0 Å². The molecule has 1 amide bonds. The summed E-state index contributed by atoms with van der Waals surface area (Å²) in [7, 11) is 3.76. The van der Waals surface area contributed by atoms with Gasteiger partial charge in [0, 0.05) is 42.8 Å². The lowest BCUT2D eigenvalue weighted by molar-refractivity contribution is 0.0949. The lowest BCUT2D eigenvalue weighted by atomic mass is 10.1. The Kier molecular flexibility index (Phi) is 8.46. The summed E-state index contributed by atoms with van der Waals surface area (Å²) in [5.41, 5.74) is 4.08. The fourth-order valence-corrected chi connectivity index (χ4v) is 5.82. The molecule has 2 aromatic carbocycles. The topological polar surface area (TPSA) is 94.8 Å². The van der Waals surface area contributed by atoms with E-state index in [0.29, 0.717) is 29.4 Å². The Morgan fingerprint density at radius 2 is 1.78 bits per heavy atom. The minimum Gasteiger partial charge on any atom is -0.392 e. The molecule has 1 unspecified atom stereocenters. The number of carbonyl (C=O) groups excluding carboxylic acids is 1. The summed E-state index contributed by atoms with van der Waals surface area (Å²) in [5.74, 6) is -0.419. The van der Waals surface area contributed by atoms with Crippen molar-refractivity contribution in [3.8, 4) is 0 Å². The molecule has 0 spiro atoms. The number of hydrogen-bond acceptors (Lipinski definition) is 6. The molecule has 0 aliphatic rings. The molecule has 2 heterocycles. The molecule has 0 fully saturated rings. The van der Waals surface area contributed by atoms with Crippen LogP contribution in [-0.2, 0) is 26.7 Å². The van der Waals surface area contributed by atoms with Crippen molar-refractivity contribution in [1.29, 1.82) is 0 Å². The van der Waals surface area contributed by atoms with Gasteiger partial charge in [0.05, 0.1) is 22.9 Å². The molecule has 0 bridgehead atoms. The number of likely N-dealkylation sites (N-methyl/N-ethyl adjacent to an activating group) is 1. The van der Waals surface area contributed by atoms with Crippen molar-refractivity contribution in [2.45, 2.75) is 32.7 Å². The molecule has 37 heavy (non-hydrogen) atoms. The van der Waals surface area contributed by atoms with E-state index in [2.05, 4.69) is 5.32 Å². The zero-order chi connectivity index (χ0) is 26.7. The van der Waals surface area contributed by atoms with Gasteiger partial charge < -0.3 is 20.1 Å². The third kappa shape index (κ3) is 6.11. The molecule has 3 N–H and O–H groups in total. The van der Waals surface area contributed by atoms with Crippen LogP contribution in [-0.4, -0.2) is 39.2 Å². The van der Waals surface area contributed by atoms with Crippen LogP contribution in [0.4, 0.5) is 0 Å². The summed E-state index contributed by atoms with van der Waals surface area (Å²) in [6.07, 6.45) is 0.907. The highest BCUT2D eigenvalue weighted by molar-refractivity contribution is 7.19. The standard InChI is InChI=1S/C28H30ClN3O4S/c1-17-24(15-31(2)14-23(34)20-8-4-19(16-33)5-9-20)37-27-25(17)32(3)13-22(26(27)35)28(36)30-12-18-6-10-21(29)11-7-18/h4-11,13,23,33-34H,12,14-16H2,1-3H3,(H,30,36). The first-order valence-electron chi connectivity index (χ1n) is 11.9. The minimum absolute atomic E-state index is 0.0354. The number of benzene rings is 2. The zero-order valence-electron chi connectivity index (χ0n) is 21.0. The predicted molar refractivity (Wildman–Crippen MR) is 148 cm³/mol. The highest BCUT2D eigenvalue weighted by atomic mass is 35.5. The van der Waals surface area contributed by atoms with Crippen molar-refractivity contribution in [2.24, 2.45) is 7.05 Å². The average Bonchev–Trinajstić information content (AvgIpc) is 3.22. The van der Waals surface area contributed by atoms with E-state index in [1.807, 2.05) is 54.8 Å². The van der Waals surface area contributed by atoms with Crippen LogP contribution in [0.1, 0.15) is 43.6 Å². The molecule has 4 aromatic rings. The summed E-state index contributed by atoms with van der Waals surface area (Å²) in [6.45, 7) is 3.19. The van der Waals surface area contributed by atoms with Crippen molar-refractivity contribution in [3.63, 3.8) is 0 Å². The molecule has 1 atom stereocenters. The second-order valence-corrected chi connectivity index (χ2v) is 10.8. The Balaban J connectivity index is 1.50. The minimum atomic E-state index is -0.686. The number of aryl methyl sites for hydroxylation is 2. The van der Waals surface area contributed by atoms with Gasteiger partial charge in [0.1, 0.15) is 5.56 Å². The third-order valence-corrected chi connectivity index (χ3v) is 7.91. The fraction of sp³-hybridized carbons (Fsp3) is 0.286. The monoisotopic (exact) mass is 539 g/mol. The van der Waals surface area contributed by atoms with E-state index in [1.165, 1.54) is 11.3 Å². The highest BCUT2D eigenvalue weighted by Gasteiger charge is 2.21. The summed E-state index contributed by atoms with van der Waals surface area (Å²) in [4.78, 5) is 29.2. The van der Waals surface area contributed by atoms with Crippen LogP contribution in [0.3, 0.4) is 0 Å². The molecule has 194 valence electrons. The number of aliphatic hydroxyl groups is 2. The smallest absolute Gasteiger partial charge is 0.257 e. The number of hydrogen-bond donors (Lipinski definition) is 3. The molecule has 9 heteroatoms. The van der Waals surface area contributed by atoms with Crippen LogP contribution >= 0.6 is 22.9 Å². The normalized spacial score (nSPS) is 12.3. The van der Waals surface area contributed by atoms with Crippen LogP contribution in [0.2, 0.25) is 5.02 Å². The Hall–Kier alpha value is -3.01. The van der Waals surface area contributed by atoms with E-state index in [1.54, 1.807) is 30.5 Å². The maximum atomic E-state index is 13.3. The van der Waals surface area contributed by atoms with E-state index in [9.17, 15) is 19.8 Å². The van der Waals surface area contributed by atoms with E-state index in [-0.39, 0.29) is 17.6 Å². The zero-order valence-corrected chi connectivity index (χ0v) is 22.6. The van der Waals surface area contributed by atoms with Crippen molar-refractivity contribution in [3.05, 3.63) is 103 Å². The number of pyridine rings is 1. The van der Waals surface area contributed by atoms with Crippen molar-refractivity contribution in [2.75, 3.05) is 13.6 Å². The number of fused-ring (bicyclic) bond motifs is 1. The second-order valence-electron chi connectivity index (χ2n) is 9.23. The van der Waals surface area contributed by atoms with E-state index < -0.39 is 12.0 Å². The molecule has 0 aliphatic carbocycles. The molecule has 0 radical (unpaired) electrons. The Morgan fingerprint density at radius 1 is 1.14 bits per heavy atom. The van der Waals surface area contributed by atoms with Gasteiger partial charge in [0.25, 0.3) is 5.91 Å². The Morgan fingerprint density at radius 3 is 2.43 bits per heavy atom. The van der Waals surface area contributed by atoms with Crippen molar-refractivity contribution in [1.82, 2.24) is 14.8 Å². The van der Waals surface area contributed by atoms with E-state index >= 15 is 0 Å². The molecular formula is C28H30ClN3O4S. The van der Waals surface area contributed by atoms with Gasteiger partial charge in [0.2, 0.25) is 5.43 Å². The van der Waals surface area contributed by atoms with Crippen molar-refractivity contribution < 1.29 is 15.0 Å². The highest BCUT2D eigenvalue weighted by Crippen LogP contribution is 2.30. The molecule has 7 nitrogen and oxygen atoms in total. The number of thiophene rings is 1. The van der Waals surface area contributed by atoms with Gasteiger partial charge in [-0.3, -0.25) is 14.5 Å². The number of nitrogens with zero attached hydrogens (tertiary/aromatic N) is 2. The summed E-state index contributed by atoms with van der Waals surface area (Å²) >= 11 is 7.31. The second kappa shape index (κ2) is 11.6. The number of carbonyl (C=O) groups is 1. The molecule has 2 aromatic heterocycles. The SMILES string of the molecule is Cc1c(CN(C)CC(O)c2ccc(CO)cc2)sc2c(=O)c(C(=O)NCc3ccc(Cl)cc3)cn(C)c12. The number of aromatic nitrogens is 1. The first-order chi connectivity index (χ1) is 17.7. The first kappa shape index (κ1) is 27.0. The van der Waals surface area contributed by atoms with Crippen molar-refractivity contribution >= 4 is 39.1 Å². The van der Waals surface area contributed by atoms with E-state index in [4.69, 9.17) is 11.6 Å². The summed E-state index contributed by atoms with van der Waals surface area (Å²) < 4.78 is 2.38. The Labute approximate surface area is 224 Å². The Bertz CT molecular complexity index is 1460. The molecular weight excluding hydrogens is 510 g/mol. The maximum Gasteiger partial charge on any atom is 0.257 e. The number of nitrogens with one attached hydrogen (secondary N) is 1. The molecule has 0 saturated carbocycles. The average molecular weight is 540 g/mol. The van der Waals surface area contributed by atoms with Crippen LogP contribution < -0.4 is 10.7 Å². The van der Waals surface area contributed by atoms with Gasteiger partial charge in [0.15, 0.2) is 0 Å².